The summed E-state index contributed by atoms with van der Waals surface area (Å²) in [4.78, 5) is 36.5. The van der Waals surface area contributed by atoms with E-state index in [1.165, 1.54) is 6.92 Å². The summed E-state index contributed by atoms with van der Waals surface area (Å²) >= 11 is 4.99. The number of esters is 1. The fraction of sp³-hybridized carbons (Fsp3) is 0.667. The van der Waals surface area contributed by atoms with Crippen molar-refractivity contribution in [3.63, 3.8) is 0 Å². The summed E-state index contributed by atoms with van der Waals surface area (Å²) in [5, 5.41) is 12.5. The summed E-state index contributed by atoms with van der Waals surface area (Å²) in [6.45, 7) is 3.84. The Balaban J connectivity index is 2.01. The Morgan fingerprint density at radius 2 is 2.17 bits per heavy atom. The molecule has 1 saturated heterocycles. The number of hydrogen-bond acceptors (Lipinski definition) is 8. The Kier molecular flexibility index (Phi) is 7.71. The summed E-state index contributed by atoms with van der Waals surface area (Å²) in [6, 6.07) is 0.0789. The minimum absolute atomic E-state index is 0.338. The van der Waals surface area contributed by atoms with Crippen LogP contribution in [0.1, 0.15) is 27.0 Å². The Bertz CT molecular complexity index is 882. The molecule has 1 aromatic rings. The third-order valence-corrected chi connectivity index (χ3v) is 5.43. The largest absolute Gasteiger partial charge is 0.462 e. The molecule has 0 spiro atoms. The number of alkyl halides is 2. The highest BCUT2D eigenvalue weighted by molar-refractivity contribution is 8.02. The Labute approximate surface area is 169 Å². The van der Waals surface area contributed by atoms with E-state index in [4.69, 9.17) is 25.8 Å². The fourth-order valence-electron chi connectivity index (χ4n) is 2.42. The second kappa shape index (κ2) is 9.45. The molecule has 0 aromatic carbocycles. The number of aromatic amines is 1. The van der Waals surface area contributed by atoms with Gasteiger partial charge >= 0.3 is 18.7 Å². The zero-order chi connectivity index (χ0) is 21.9. The van der Waals surface area contributed by atoms with Crippen LogP contribution in [0.25, 0.3) is 0 Å². The topological polar surface area (TPSA) is 132 Å². The third kappa shape index (κ3) is 5.71. The van der Waals surface area contributed by atoms with E-state index in [-0.39, 0.29) is 6.10 Å². The van der Waals surface area contributed by atoms with Crippen LogP contribution in [0, 0.1) is 0 Å². The third-order valence-electron chi connectivity index (χ3n) is 3.84. The van der Waals surface area contributed by atoms with Crippen molar-refractivity contribution in [1.82, 2.24) is 14.6 Å². The van der Waals surface area contributed by atoms with Crippen LogP contribution in [-0.2, 0) is 30.6 Å². The molecule has 0 saturated carbocycles. The zero-order valence-electron chi connectivity index (χ0n) is 15.7. The lowest BCUT2D eigenvalue weighted by Crippen LogP contribution is -2.42. The van der Waals surface area contributed by atoms with Gasteiger partial charge in [0.25, 0.3) is 11.4 Å². The van der Waals surface area contributed by atoms with E-state index in [0.29, 0.717) is 4.57 Å². The summed E-state index contributed by atoms with van der Waals surface area (Å²) in [6.07, 6.45) is -5.85. The maximum absolute atomic E-state index is 15.0. The van der Waals surface area contributed by atoms with Gasteiger partial charge in [-0.05, 0) is 20.8 Å². The van der Waals surface area contributed by atoms with E-state index in [9.17, 15) is 28.3 Å². The lowest BCUT2D eigenvalue weighted by molar-refractivity contribution is -0.202. The SMILES string of the molecule is CC(C)OC(=O)C(C)N[P+](=S)OCC1(F)OC(n2ccc(=O)[nH]c2=O)C(F)C1O. The first-order chi connectivity index (χ1) is 13.4. The number of halogens is 2. The number of nitrogens with one attached hydrogen (secondary N) is 2. The molecule has 29 heavy (non-hydrogen) atoms. The second-order valence-electron chi connectivity index (χ2n) is 6.57. The molecule has 0 radical (unpaired) electrons. The molecule has 1 fully saturated rings. The van der Waals surface area contributed by atoms with Gasteiger partial charge in [-0.2, -0.15) is 0 Å². The summed E-state index contributed by atoms with van der Waals surface area (Å²) in [5.41, 5.74) is -1.77. The number of aliphatic hydroxyl groups excluding tert-OH is 1. The molecular weight excluding hydrogens is 435 g/mol. The minimum Gasteiger partial charge on any atom is -0.462 e. The van der Waals surface area contributed by atoms with Crippen LogP contribution in [0.2, 0.25) is 0 Å². The predicted molar refractivity (Wildman–Crippen MR) is 100 cm³/mol. The molecule has 1 aliphatic rings. The fourth-order valence-corrected chi connectivity index (χ4v) is 3.84. The van der Waals surface area contributed by atoms with Gasteiger partial charge in [0.15, 0.2) is 25.1 Å². The molecule has 2 rings (SSSR count). The molecule has 14 heteroatoms. The molecule has 6 unspecified atom stereocenters. The maximum atomic E-state index is 15.0. The van der Waals surface area contributed by atoms with Crippen molar-refractivity contribution in [2.45, 2.75) is 57.3 Å². The van der Waals surface area contributed by atoms with Crippen molar-refractivity contribution in [1.29, 1.82) is 0 Å². The highest BCUT2D eigenvalue weighted by Crippen LogP contribution is 2.41. The highest BCUT2D eigenvalue weighted by Gasteiger charge is 2.58. The van der Waals surface area contributed by atoms with Gasteiger partial charge in [0.05, 0.1) is 6.10 Å². The van der Waals surface area contributed by atoms with Gasteiger partial charge in [-0.15, -0.1) is 4.52 Å². The first kappa shape index (κ1) is 23.6. The van der Waals surface area contributed by atoms with E-state index in [1.807, 2.05) is 4.98 Å². The quantitative estimate of drug-likeness (QED) is 0.369. The van der Waals surface area contributed by atoms with E-state index in [2.05, 4.69) is 5.09 Å². The van der Waals surface area contributed by atoms with Gasteiger partial charge in [0, 0.05) is 12.3 Å². The number of rotatable bonds is 8. The molecule has 10 nitrogen and oxygen atoms in total. The molecule has 162 valence electrons. The summed E-state index contributed by atoms with van der Waals surface area (Å²) < 4.78 is 44.9. The van der Waals surface area contributed by atoms with Crippen molar-refractivity contribution < 1.29 is 32.7 Å². The molecule has 0 amide bonds. The molecule has 1 aromatic heterocycles. The van der Waals surface area contributed by atoms with Crippen LogP contribution in [0.5, 0.6) is 0 Å². The smallest absolute Gasteiger partial charge is 0.440 e. The first-order valence-electron chi connectivity index (χ1n) is 8.52. The van der Waals surface area contributed by atoms with Crippen molar-refractivity contribution >= 4 is 24.9 Å². The minimum atomic E-state index is -3.01. The number of hydrogen-bond donors (Lipinski definition) is 3. The van der Waals surface area contributed by atoms with Gasteiger partial charge in [-0.1, -0.05) is 5.09 Å². The number of aliphatic hydroxyl groups is 1. The normalized spacial score (nSPS) is 28.4. The van der Waals surface area contributed by atoms with Gasteiger partial charge in [-0.3, -0.25) is 19.1 Å². The van der Waals surface area contributed by atoms with E-state index in [1.54, 1.807) is 13.8 Å². The summed E-state index contributed by atoms with van der Waals surface area (Å²) in [5.74, 6) is -3.60. The maximum Gasteiger partial charge on any atom is 0.440 e. The Morgan fingerprint density at radius 3 is 2.76 bits per heavy atom. The van der Waals surface area contributed by atoms with E-state index in [0.717, 1.165) is 12.3 Å². The van der Waals surface area contributed by atoms with Gasteiger partial charge in [0.2, 0.25) is 11.8 Å². The molecule has 0 bridgehead atoms. The average molecular weight is 456 g/mol. The van der Waals surface area contributed by atoms with E-state index < -0.39 is 61.3 Å². The average Bonchev–Trinajstić information content (AvgIpc) is 2.84. The van der Waals surface area contributed by atoms with Gasteiger partial charge in [-0.25, -0.2) is 13.6 Å². The molecule has 3 N–H and O–H groups in total. The van der Waals surface area contributed by atoms with E-state index >= 15 is 0 Å². The monoisotopic (exact) mass is 456 g/mol. The molecule has 6 atom stereocenters. The number of nitrogens with zero attached hydrogens (tertiary/aromatic N) is 1. The molecule has 2 heterocycles. The van der Waals surface area contributed by atoms with Crippen LogP contribution >= 0.6 is 7.07 Å². The Hall–Kier alpha value is -1.63. The lowest BCUT2D eigenvalue weighted by atomic mass is 10.1. The van der Waals surface area contributed by atoms with Crippen LogP contribution in [-0.4, -0.2) is 57.5 Å². The number of H-pyrrole nitrogens is 1. The van der Waals surface area contributed by atoms with Gasteiger partial charge < -0.3 is 14.6 Å². The van der Waals surface area contributed by atoms with Gasteiger partial charge in [0.1, 0.15) is 6.04 Å². The van der Waals surface area contributed by atoms with Crippen molar-refractivity contribution in [3.8, 4) is 0 Å². The molecule has 0 aliphatic carbocycles. The predicted octanol–water partition coefficient (Wildman–Crippen LogP) is 0.150. The van der Waals surface area contributed by atoms with Crippen LogP contribution in [0.4, 0.5) is 8.78 Å². The number of carbonyl (C=O) groups is 1. The zero-order valence-corrected chi connectivity index (χ0v) is 17.4. The second-order valence-corrected chi connectivity index (χ2v) is 8.59. The molecular formula is C15H21F2N3O7PS+. The lowest BCUT2D eigenvalue weighted by Gasteiger charge is -2.20. The Morgan fingerprint density at radius 1 is 1.52 bits per heavy atom. The number of aromatic nitrogens is 2. The van der Waals surface area contributed by atoms with Crippen molar-refractivity contribution in [2.24, 2.45) is 0 Å². The van der Waals surface area contributed by atoms with Crippen molar-refractivity contribution in [3.05, 3.63) is 33.1 Å². The molecule has 1 aliphatic heterocycles. The van der Waals surface area contributed by atoms with Crippen LogP contribution in [0.15, 0.2) is 21.9 Å². The van der Waals surface area contributed by atoms with Crippen LogP contribution in [0.3, 0.4) is 0 Å². The number of carbonyl (C=O) groups excluding carboxylic acids is 1. The van der Waals surface area contributed by atoms with Crippen molar-refractivity contribution in [2.75, 3.05) is 6.61 Å². The standard InChI is InChI=1S/C15H20F2N3O7PS/c1-7(2)26-13(23)8(3)19-28(29)25-6-15(17)11(22)10(16)12(27-15)20-5-4-9(21)18-14(20)24/h4-5,7-8,10-12,22H,6H2,1-3H3,(H-,18,19,21,24,29)/p+1. The van der Waals surface area contributed by atoms with Crippen LogP contribution < -0.4 is 16.3 Å². The highest BCUT2D eigenvalue weighted by atomic mass is 32.4. The summed E-state index contributed by atoms with van der Waals surface area (Å²) in [7, 11) is -1.97. The number of ether oxygens (including phenoxy) is 2. The first-order valence-corrected chi connectivity index (χ1v) is 10.8.